The van der Waals surface area contributed by atoms with Gasteiger partial charge in [0, 0.05) is 19.0 Å². The molecule has 0 bridgehead atoms. The van der Waals surface area contributed by atoms with Crippen LogP contribution in [0.5, 0.6) is 0 Å². The quantitative estimate of drug-likeness (QED) is 0.688. The summed E-state index contributed by atoms with van der Waals surface area (Å²) >= 11 is 1.42. The van der Waals surface area contributed by atoms with Gasteiger partial charge < -0.3 is 10.2 Å². The molecule has 0 aliphatic heterocycles. The molecular weight excluding hydrogens is 260 g/mol. The number of carbonyl (C=O) groups is 1. The summed E-state index contributed by atoms with van der Waals surface area (Å²) in [5.74, 6) is -0.323. The number of carbonyl (C=O) groups excluding carboxylic acids is 1. The number of anilines is 1. The molecule has 1 aromatic carbocycles. The van der Waals surface area contributed by atoms with Gasteiger partial charge in [0.25, 0.3) is 0 Å². The van der Waals surface area contributed by atoms with Crippen molar-refractivity contribution in [2.45, 2.75) is 0 Å². The molecule has 0 atom stereocenters. The normalized spacial score (nSPS) is 10.5. The molecule has 5 heteroatoms. The second kappa shape index (κ2) is 5.86. The fourth-order valence-corrected chi connectivity index (χ4v) is 2.74. The van der Waals surface area contributed by atoms with Crippen LogP contribution in [0, 0.1) is 0 Å². The lowest BCUT2D eigenvalue weighted by atomic mass is 10.2. The van der Waals surface area contributed by atoms with Gasteiger partial charge in [-0.3, -0.25) is 0 Å². The molecule has 0 spiro atoms. The van der Waals surface area contributed by atoms with Crippen LogP contribution >= 0.6 is 11.3 Å². The van der Waals surface area contributed by atoms with Gasteiger partial charge in [-0.25, -0.2) is 9.80 Å². The minimum absolute atomic E-state index is 0.323. The maximum absolute atomic E-state index is 11.8. The van der Waals surface area contributed by atoms with E-state index in [4.69, 9.17) is 4.74 Å². The van der Waals surface area contributed by atoms with E-state index in [1.165, 1.54) is 18.4 Å². The first-order valence-electron chi connectivity index (χ1n) is 5.83. The summed E-state index contributed by atoms with van der Waals surface area (Å²) in [6, 6.07) is 11.9. The average Bonchev–Trinajstić information content (AvgIpc) is 2.82. The monoisotopic (exact) mass is 276 g/mol. The lowest BCUT2D eigenvalue weighted by Crippen LogP contribution is -2.20. The van der Waals surface area contributed by atoms with Gasteiger partial charge in [-0.1, -0.05) is 30.3 Å². The Labute approximate surface area is 116 Å². The maximum atomic E-state index is 11.8. The van der Waals surface area contributed by atoms with Crippen molar-refractivity contribution in [3.8, 4) is 10.4 Å². The number of nitrogens with one attached hydrogen (secondary N) is 1. The molecule has 4 nitrogen and oxygen atoms in total. The van der Waals surface area contributed by atoms with E-state index in [-0.39, 0.29) is 5.97 Å². The van der Waals surface area contributed by atoms with Gasteiger partial charge in [0.2, 0.25) is 0 Å². The van der Waals surface area contributed by atoms with Crippen LogP contribution in [0.1, 0.15) is 9.67 Å². The molecule has 1 aromatic heterocycles. The number of rotatable bonds is 4. The van der Waals surface area contributed by atoms with Crippen molar-refractivity contribution in [3.05, 3.63) is 41.3 Å². The molecule has 0 aliphatic carbocycles. The van der Waals surface area contributed by atoms with E-state index in [1.54, 1.807) is 5.01 Å². The molecule has 2 rings (SSSR count). The maximum Gasteiger partial charge on any atom is 0.350 e. The molecule has 0 saturated carbocycles. The fraction of sp³-hybridized carbons (Fsp3) is 0.214. The van der Waals surface area contributed by atoms with Crippen LogP contribution in [-0.4, -0.2) is 32.2 Å². The highest BCUT2D eigenvalue weighted by atomic mass is 32.1. The molecule has 2 aromatic rings. The van der Waals surface area contributed by atoms with Gasteiger partial charge in [0.1, 0.15) is 4.88 Å². The summed E-state index contributed by atoms with van der Waals surface area (Å²) in [6.45, 7) is 0. The highest BCUT2D eigenvalue weighted by Gasteiger charge is 2.17. The largest absolute Gasteiger partial charge is 0.465 e. The standard InChI is InChI=1S/C14H16N2O2S/c1-16(2)15-11-9-12(10-7-5-4-6-8-10)19-13(11)14(17)18-3/h4-9,15H,1-3H3. The number of hydrogen-bond donors (Lipinski definition) is 1. The second-order valence-corrected chi connectivity index (χ2v) is 5.27. The SMILES string of the molecule is COC(=O)c1sc(-c2ccccc2)cc1NN(C)C. The van der Waals surface area contributed by atoms with E-state index in [9.17, 15) is 4.79 Å². The van der Waals surface area contributed by atoms with Crippen molar-refractivity contribution in [2.24, 2.45) is 0 Å². The lowest BCUT2D eigenvalue weighted by molar-refractivity contribution is 0.0607. The van der Waals surface area contributed by atoms with Gasteiger partial charge in [-0.2, -0.15) is 0 Å². The zero-order valence-corrected chi connectivity index (χ0v) is 12.0. The number of hydrogen-bond acceptors (Lipinski definition) is 5. The highest BCUT2D eigenvalue weighted by molar-refractivity contribution is 7.18. The van der Waals surface area contributed by atoms with Crippen LogP contribution in [0.4, 0.5) is 5.69 Å². The zero-order chi connectivity index (χ0) is 13.8. The highest BCUT2D eigenvalue weighted by Crippen LogP contribution is 2.35. The number of ether oxygens (including phenoxy) is 1. The van der Waals surface area contributed by atoms with Gasteiger partial charge in [0.15, 0.2) is 0 Å². The van der Waals surface area contributed by atoms with E-state index < -0.39 is 0 Å². The van der Waals surface area contributed by atoms with Crippen LogP contribution in [0.3, 0.4) is 0 Å². The van der Waals surface area contributed by atoms with Crippen LogP contribution in [0.2, 0.25) is 0 Å². The molecule has 100 valence electrons. The number of thiophene rings is 1. The molecule has 1 N–H and O–H groups in total. The summed E-state index contributed by atoms with van der Waals surface area (Å²) in [4.78, 5) is 13.4. The van der Waals surface area contributed by atoms with Crippen LogP contribution in [0.25, 0.3) is 10.4 Å². The molecule has 0 fully saturated rings. The molecule has 0 saturated heterocycles. The summed E-state index contributed by atoms with van der Waals surface area (Å²) < 4.78 is 4.82. The molecule has 0 radical (unpaired) electrons. The van der Waals surface area contributed by atoms with E-state index in [0.717, 1.165) is 16.1 Å². The number of benzene rings is 1. The summed E-state index contributed by atoms with van der Waals surface area (Å²) in [5, 5.41) is 1.79. The molecule has 19 heavy (non-hydrogen) atoms. The Morgan fingerprint density at radius 1 is 1.26 bits per heavy atom. The molecule has 1 heterocycles. The van der Waals surface area contributed by atoms with Gasteiger partial charge in [-0.05, 0) is 11.6 Å². The Balaban J connectivity index is 2.42. The first-order valence-corrected chi connectivity index (χ1v) is 6.65. The Bertz CT molecular complexity index is 564. The van der Waals surface area contributed by atoms with E-state index in [2.05, 4.69) is 5.43 Å². The topological polar surface area (TPSA) is 41.6 Å². The molecule has 0 unspecified atom stereocenters. The van der Waals surface area contributed by atoms with Gasteiger partial charge in [0.05, 0.1) is 12.8 Å². The molecule has 0 aliphatic rings. The number of esters is 1. The zero-order valence-electron chi connectivity index (χ0n) is 11.1. The Morgan fingerprint density at radius 2 is 1.95 bits per heavy atom. The molecular formula is C14H16N2O2S. The average molecular weight is 276 g/mol. The van der Waals surface area contributed by atoms with Gasteiger partial charge >= 0.3 is 5.97 Å². The molecule has 0 amide bonds. The summed E-state index contributed by atoms with van der Waals surface area (Å²) in [5.41, 5.74) is 4.97. The fourth-order valence-electron chi connectivity index (χ4n) is 1.70. The Morgan fingerprint density at radius 3 is 2.53 bits per heavy atom. The van der Waals surface area contributed by atoms with Gasteiger partial charge in [-0.15, -0.1) is 11.3 Å². The van der Waals surface area contributed by atoms with Crippen LogP contribution in [0.15, 0.2) is 36.4 Å². The Kier molecular flexibility index (Phi) is 4.19. The number of nitrogens with zero attached hydrogens (tertiary/aromatic N) is 1. The lowest BCUT2D eigenvalue weighted by Gasteiger charge is -2.12. The minimum Gasteiger partial charge on any atom is -0.465 e. The van der Waals surface area contributed by atoms with Crippen molar-refractivity contribution in [3.63, 3.8) is 0 Å². The van der Waals surface area contributed by atoms with Crippen molar-refractivity contribution in [1.29, 1.82) is 0 Å². The smallest absolute Gasteiger partial charge is 0.350 e. The predicted octanol–water partition coefficient (Wildman–Crippen LogP) is 3.09. The van der Waals surface area contributed by atoms with E-state index >= 15 is 0 Å². The second-order valence-electron chi connectivity index (χ2n) is 4.22. The van der Waals surface area contributed by atoms with Crippen molar-refractivity contribution in [2.75, 3.05) is 26.6 Å². The third-order valence-corrected chi connectivity index (χ3v) is 3.67. The predicted molar refractivity (Wildman–Crippen MR) is 78.4 cm³/mol. The summed E-state index contributed by atoms with van der Waals surface area (Å²) in [6.07, 6.45) is 0. The third kappa shape index (κ3) is 3.13. The third-order valence-electron chi connectivity index (χ3n) is 2.51. The number of methoxy groups -OCH3 is 1. The first-order chi connectivity index (χ1) is 9.11. The van der Waals surface area contributed by atoms with Crippen LogP contribution < -0.4 is 5.43 Å². The minimum atomic E-state index is -0.323. The van der Waals surface area contributed by atoms with Crippen molar-refractivity contribution >= 4 is 23.0 Å². The van der Waals surface area contributed by atoms with Crippen LogP contribution in [-0.2, 0) is 4.74 Å². The van der Waals surface area contributed by atoms with E-state index in [1.807, 2.05) is 50.5 Å². The van der Waals surface area contributed by atoms with E-state index in [0.29, 0.717) is 4.88 Å². The summed E-state index contributed by atoms with van der Waals surface area (Å²) in [7, 11) is 5.14. The Hall–Kier alpha value is -1.85. The van der Waals surface area contributed by atoms with Crippen molar-refractivity contribution in [1.82, 2.24) is 5.01 Å². The first kappa shape index (κ1) is 13.6. The van der Waals surface area contributed by atoms with Crippen molar-refractivity contribution < 1.29 is 9.53 Å². The number of hydrazine groups is 1.